The molecule has 0 atom stereocenters. The van der Waals surface area contributed by atoms with E-state index in [1.165, 1.54) is 40.2 Å². The van der Waals surface area contributed by atoms with Crippen molar-refractivity contribution in [3.8, 4) is 17.1 Å². The molecule has 49 heavy (non-hydrogen) atoms. The number of benzene rings is 4. The zero-order chi connectivity index (χ0) is 34.7. The van der Waals surface area contributed by atoms with Gasteiger partial charge in [-0.15, -0.1) is 5.10 Å². The summed E-state index contributed by atoms with van der Waals surface area (Å²) in [6, 6.07) is 20.2. The molecule has 2 heterocycles. The molecule has 6 rings (SSSR count). The van der Waals surface area contributed by atoms with E-state index in [2.05, 4.69) is 20.4 Å². The van der Waals surface area contributed by atoms with Gasteiger partial charge in [0.25, 0.3) is 0 Å². The lowest BCUT2D eigenvalue weighted by atomic mass is 10.1. The summed E-state index contributed by atoms with van der Waals surface area (Å²) in [5, 5.41) is 7.34. The van der Waals surface area contributed by atoms with Crippen LogP contribution in [0.5, 0.6) is 0 Å². The number of hydrogen-bond donors (Lipinski definition) is 1. The highest BCUT2D eigenvalue weighted by Gasteiger charge is 2.32. The lowest BCUT2D eigenvalue weighted by Gasteiger charge is -2.20. The molecule has 250 valence electrons. The van der Waals surface area contributed by atoms with Crippen molar-refractivity contribution in [1.82, 2.24) is 14.8 Å². The van der Waals surface area contributed by atoms with Gasteiger partial charge >= 0.3 is 12.2 Å². The molecule has 1 aliphatic heterocycles. The Morgan fingerprint density at radius 3 is 2.51 bits per heavy atom. The fourth-order valence-electron chi connectivity index (χ4n) is 4.88. The molecule has 4 aromatic carbocycles. The number of nitrogens with one attached hydrogen (secondary N) is 1. The predicted molar refractivity (Wildman–Crippen MR) is 179 cm³/mol. The van der Waals surface area contributed by atoms with Crippen LogP contribution in [-0.4, -0.2) is 37.6 Å². The summed E-state index contributed by atoms with van der Waals surface area (Å²) in [6.07, 6.45) is -3.18. The zero-order valence-corrected chi connectivity index (χ0v) is 27.1. The summed E-state index contributed by atoms with van der Waals surface area (Å²) in [6.45, 7) is 2.28. The van der Waals surface area contributed by atoms with Crippen molar-refractivity contribution in [2.24, 2.45) is 4.99 Å². The summed E-state index contributed by atoms with van der Waals surface area (Å²) in [4.78, 5) is 35.5. The smallest absolute Gasteiger partial charge is 0.372 e. The average Bonchev–Trinajstić information content (AvgIpc) is 3.70. The first-order valence-electron chi connectivity index (χ1n) is 14.6. The summed E-state index contributed by atoms with van der Waals surface area (Å²) in [5.41, 5.74) is 2.51. The van der Waals surface area contributed by atoms with Crippen molar-refractivity contribution in [3.63, 3.8) is 0 Å². The largest absolute Gasteiger partial charge is 0.416 e. The number of nitrogens with zero attached hydrogens (tertiary/aromatic N) is 5. The van der Waals surface area contributed by atoms with Crippen LogP contribution in [0.1, 0.15) is 22.3 Å². The number of aliphatic imine (C=N–C) groups is 1. The quantitative estimate of drug-likeness (QED) is 0.162. The molecule has 1 fully saturated rings. The molecule has 0 bridgehead atoms. The predicted octanol–water partition coefficient (Wildman–Crippen LogP) is 8.44. The van der Waals surface area contributed by atoms with E-state index < -0.39 is 23.6 Å². The van der Waals surface area contributed by atoms with Gasteiger partial charge in [-0.05, 0) is 72.6 Å². The maximum atomic E-state index is 15.1. The number of urea groups is 1. The molecule has 0 saturated carbocycles. The summed E-state index contributed by atoms with van der Waals surface area (Å²) in [7, 11) is 0. The second-order valence-electron chi connectivity index (χ2n) is 10.8. The molecule has 3 amide bonds. The first-order chi connectivity index (χ1) is 23.5. The van der Waals surface area contributed by atoms with Gasteiger partial charge in [0.15, 0.2) is 11.0 Å². The molecular weight excluding hydrogens is 684 g/mol. The van der Waals surface area contributed by atoms with Gasteiger partial charge in [-0.3, -0.25) is 9.69 Å². The van der Waals surface area contributed by atoms with Crippen LogP contribution in [0.2, 0.25) is 5.02 Å². The first-order valence-corrected chi connectivity index (χ1v) is 16.0. The van der Waals surface area contributed by atoms with Gasteiger partial charge in [-0.25, -0.2) is 18.9 Å². The van der Waals surface area contributed by atoms with Gasteiger partial charge < -0.3 is 10.1 Å². The minimum atomic E-state index is -4.47. The molecule has 1 saturated heterocycles. The lowest BCUT2D eigenvalue weighted by molar-refractivity contribution is -0.137. The summed E-state index contributed by atoms with van der Waals surface area (Å²) >= 11 is 7.32. The van der Waals surface area contributed by atoms with Gasteiger partial charge in [0.2, 0.25) is 5.91 Å². The number of thioether (sulfide) groups is 1. The Morgan fingerprint density at radius 2 is 1.78 bits per heavy atom. The number of amidine groups is 1. The molecule has 0 spiro atoms. The Balaban J connectivity index is 1.15. The molecule has 1 aliphatic rings. The minimum Gasteiger partial charge on any atom is -0.372 e. The Hall–Kier alpha value is -5.05. The van der Waals surface area contributed by atoms with Crippen LogP contribution in [0.4, 0.5) is 33.7 Å². The van der Waals surface area contributed by atoms with Gasteiger partial charge in [-0.2, -0.15) is 18.2 Å². The van der Waals surface area contributed by atoms with E-state index in [0.29, 0.717) is 22.0 Å². The number of halogens is 5. The highest BCUT2D eigenvalue weighted by atomic mass is 35.5. The fraction of sp³-hybridized carbons (Fsp3) is 0.147. The number of aryl methyl sites for hydroxylation is 1. The van der Waals surface area contributed by atoms with Crippen molar-refractivity contribution in [2.45, 2.75) is 26.3 Å². The number of ether oxygens (including phenoxy) is 1. The Kier molecular flexibility index (Phi) is 9.81. The summed E-state index contributed by atoms with van der Waals surface area (Å²) < 4.78 is 61.0. The first kappa shape index (κ1) is 33.8. The Morgan fingerprint density at radius 1 is 1.02 bits per heavy atom. The van der Waals surface area contributed by atoms with Crippen LogP contribution >= 0.6 is 23.4 Å². The molecular formula is C34H25ClF4N6O3S. The van der Waals surface area contributed by atoms with Gasteiger partial charge in [0.05, 0.1) is 41.6 Å². The van der Waals surface area contributed by atoms with E-state index in [-0.39, 0.29) is 47.1 Å². The van der Waals surface area contributed by atoms with Crippen LogP contribution in [0.3, 0.4) is 0 Å². The molecule has 0 unspecified atom stereocenters. The molecule has 15 heteroatoms. The van der Waals surface area contributed by atoms with Crippen molar-refractivity contribution in [1.29, 1.82) is 0 Å². The van der Waals surface area contributed by atoms with E-state index in [1.54, 1.807) is 12.1 Å². The van der Waals surface area contributed by atoms with Crippen LogP contribution in [0.15, 0.2) is 96.2 Å². The third-order valence-electron chi connectivity index (χ3n) is 7.34. The number of amides is 3. The van der Waals surface area contributed by atoms with Crippen molar-refractivity contribution in [3.05, 3.63) is 124 Å². The van der Waals surface area contributed by atoms with Crippen molar-refractivity contribution in [2.75, 3.05) is 16.0 Å². The molecule has 5 aromatic rings. The maximum absolute atomic E-state index is 15.1. The molecule has 0 radical (unpaired) electrons. The SMILES string of the molecule is Cc1ccc(COCc2ccccc2Cl)c(N2C(=O)CSC2=NC(=O)Nc2ccc(-c3ncn(-c4ccc(C(F)(F)F)cc4)n3)cc2F)c1. The highest BCUT2D eigenvalue weighted by molar-refractivity contribution is 8.15. The fourth-order valence-corrected chi connectivity index (χ4v) is 5.93. The number of anilines is 2. The van der Waals surface area contributed by atoms with Crippen molar-refractivity contribution >= 4 is 51.8 Å². The number of alkyl halides is 3. The van der Waals surface area contributed by atoms with Crippen LogP contribution in [0.25, 0.3) is 17.1 Å². The Bertz CT molecular complexity index is 2070. The van der Waals surface area contributed by atoms with Gasteiger partial charge in [-0.1, -0.05) is 53.7 Å². The third-order valence-corrected chi connectivity index (χ3v) is 8.63. The van der Waals surface area contributed by atoms with E-state index >= 15 is 4.39 Å². The van der Waals surface area contributed by atoms with Crippen LogP contribution < -0.4 is 10.2 Å². The monoisotopic (exact) mass is 708 g/mol. The average molecular weight is 709 g/mol. The number of hydrogen-bond acceptors (Lipinski definition) is 6. The van der Waals surface area contributed by atoms with E-state index in [1.807, 2.05) is 37.3 Å². The van der Waals surface area contributed by atoms with E-state index in [0.717, 1.165) is 41.1 Å². The van der Waals surface area contributed by atoms with Crippen LogP contribution in [-0.2, 0) is 28.9 Å². The normalized spacial score (nSPS) is 14.1. The zero-order valence-electron chi connectivity index (χ0n) is 25.5. The standard InChI is InChI=1S/C34H25ClF4N6O3S/c1-20-6-7-23(17-48-16-22-4-2-3-5-26(22)35)29(14-20)45-30(46)18-49-33(45)42-32(47)41-28-13-8-21(15-27(28)36)31-40-19-44(43-31)25-11-9-24(10-12-25)34(37,38)39/h2-15,19H,16-18H2,1H3,(H,41,47). The van der Waals surface area contributed by atoms with Gasteiger partial charge in [0, 0.05) is 16.1 Å². The minimum absolute atomic E-state index is 0.0507. The topological polar surface area (TPSA) is 102 Å². The molecule has 1 N–H and O–H groups in total. The second-order valence-corrected chi connectivity index (χ2v) is 12.2. The number of carbonyl (C=O) groups excluding carboxylic acids is 2. The number of aromatic nitrogens is 3. The Labute approximate surface area is 286 Å². The number of rotatable bonds is 8. The van der Waals surface area contributed by atoms with E-state index in [9.17, 15) is 22.8 Å². The number of carbonyl (C=O) groups is 2. The lowest BCUT2D eigenvalue weighted by Crippen LogP contribution is -2.31. The van der Waals surface area contributed by atoms with Crippen molar-refractivity contribution < 1.29 is 31.9 Å². The molecule has 0 aliphatic carbocycles. The third kappa shape index (κ3) is 7.82. The van der Waals surface area contributed by atoms with E-state index in [4.69, 9.17) is 16.3 Å². The molecule has 9 nitrogen and oxygen atoms in total. The molecule has 1 aromatic heterocycles. The maximum Gasteiger partial charge on any atom is 0.416 e. The van der Waals surface area contributed by atoms with Crippen LogP contribution in [0, 0.1) is 12.7 Å². The summed E-state index contributed by atoms with van der Waals surface area (Å²) in [5.74, 6) is -0.929. The second kappa shape index (κ2) is 14.2. The van der Waals surface area contributed by atoms with Gasteiger partial charge in [0.1, 0.15) is 12.1 Å². The highest BCUT2D eigenvalue weighted by Crippen LogP contribution is 2.33.